The average molecular weight is 525 g/mol. The number of ketones is 2. The number of carbonyl (C=O) groups excluding carboxylic acids is 2. The van der Waals surface area contributed by atoms with Gasteiger partial charge in [-0.15, -0.1) is 11.3 Å². The van der Waals surface area contributed by atoms with Crippen molar-refractivity contribution in [3.05, 3.63) is 112 Å². The predicted octanol–water partition coefficient (Wildman–Crippen LogP) is 6.80. The van der Waals surface area contributed by atoms with Crippen molar-refractivity contribution in [3.63, 3.8) is 0 Å². The summed E-state index contributed by atoms with van der Waals surface area (Å²) in [6, 6.07) is 21.3. The maximum Gasteiger partial charge on any atom is 0.217 e. The van der Waals surface area contributed by atoms with E-state index < -0.39 is 0 Å². The quantitative estimate of drug-likeness (QED) is 0.184. The number of rotatable bonds is 2. The number of fused-ring (bicyclic) bond motifs is 7. The van der Waals surface area contributed by atoms with Crippen LogP contribution in [0.4, 0.5) is 0 Å². The van der Waals surface area contributed by atoms with Crippen molar-refractivity contribution in [1.29, 1.82) is 0 Å². The average Bonchev–Trinajstić information content (AvgIpc) is 3.65. The second kappa shape index (κ2) is 7.65. The summed E-state index contributed by atoms with van der Waals surface area (Å²) in [5.41, 5.74) is 6.65. The lowest BCUT2D eigenvalue weighted by Gasteiger charge is -2.21. The Kier molecular flexibility index (Phi) is 4.36. The number of benzene rings is 2. The molecule has 6 nitrogen and oxygen atoms in total. The van der Waals surface area contributed by atoms with Crippen LogP contribution < -0.4 is 0 Å². The molecule has 0 saturated heterocycles. The van der Waals surface area contributed by atoms with E-state index in [0.29, 0.717) is 0 Å². The van der Waals surface area contributed by atoms with Crippen molar-refractivity contribution in [2.24, 2.45) is 0 Å². The molecule has 2 aliphatic carbocycles. The van der Waals surface area contributed by atoms with E-state index in [1.54, 1.807) is 17.4 Å². The Bertz CT molecular complexity index is 2010. The van der Waals surface area contributed by atoms with E-state index in [2.05, 4.69) is 89.0 Å². The van der Waals surface area contributed by atoms with Crippen LogP contribution in [0.2, 0.25) is 0 Å². The zero-order chi connectivity index (χ0) is 26.5. The molecular formula is C32H20N4O2S. The molecule has 0 fully saturated rings. The summed E-state index contributed by atoms with van der Waals surface area (Å²) in [5.74, 6) is -0.740. The predicted molar refractivity (Wildman–Crippen MR) is 153 cm³/mol. The Morgan fingerprint density at radius 2 is 1.38 bits per heavy atom. The third-order valence-electron chi connectivity index (χ3n) is 7.93. The van der Waals surface area contributed by atoms with E-state index in [4.69, 9.17) is 4.98 Å². The molecular weight excluding hydrogens is 504 g/mol. The molecule has 0 amide bonds. The minimum atomic E-state index is -0.370. The zero-order valence-electron chi connectivity index (χ0n) is 21.1. The molecule has 0 spiro atoms. The normalized spacial score (nSPS) is 15.2. The highest BCUT2D eigenvalue weighted by atomic mass is 32.1. The van der Waals surface area contributed by atoms with Gasteiger partial charge in [-0.05, 0) is 41.5 Å². The molecule has 7 heteroatoms. The van der Waals surface area contributed by atoms with E-state index in [1.807, 2.05) is 6.20 Å². The van der Waals surface area contributed by atoms with Crippen LogP contribution in [0.15, 0.2) is 84.8 Å². The Labute approximate surface area is 227 Å². The van der Waals surface area contributed by atoms with Crippen LogP contribution in [0.1, 0.15) is 50.8 Å². The highest BCUT2D eigenvalue weighted by Gasteiger charge is 2.40. The molecule has 186 valence electrons. The van der Waals surface area contributed by atoms with Gasteiger partial charge >= 0.3 is 0 Å². The van der Waals surface area contributed by atoms with Gasteiger partial charge in [0.25, 0.3) is 0 Å². The minimum absolute atomic E-state index is 0.115. The summed E-state index contributed by atoms with van der Waals surface area (Å²) < 4.78 is 2.29. The van der Waals surface area contributed by atoms with Crippen LogP contribution in [0, 0.1) is 0 Å². The summed E-state index contributed by atoms with van der Waals surface area (Å²) in [6.45, 7) is 4.41. The van der Waals surface area contributed by atoms with Gasteiger partial charge in [0.05, 0.1) is 39.1 Å². The van der Waals surface area contributed by atoms with Crippen molar-refractivity contribution in [1.82, 2.24) is 19.5 Å². The first kappa shape index (κ1) is 22.3. The number of para-hydroxylation sites is 2. The number of hydrogen-bond donors (Lipinski definition) is 0. The number of thiophene rings is 1. The maximum absolute atomic E-state index is 12.8. The van der Waals surface area contributed by atoms with E-state index in [-0.39, 0.29) is 33.9 Å². The lowest BCUT2D eigenvalue weighted by Crippen LogP contribution is -2.15. The Balaban J connectivity index is 1.25. The highest BCUT2D eigenvalue weighted by molar-refractivity contribution is 7.16. The first-order chi connectivity index (χ1) is 18.9. The van der Waals surface area contributed by atoms with Gasteiger partial charge in [-0.2, -0.15) is 0 Å². The second-order valence-corrected chi connectivity index (χ2v) is 11.5. The van der Waals surface area contributed by atoms with Crippen molar-refractivity contribution >= 4 is 50.8 Å². The SMILES string of the molecule is CC1(C)c2cc(-n3c4ccccc4c4ccccc43)cnc2-c2sc(C=C3C(=O)c4nccnc4C3=O)cc21. The molecule has 0 N–H and O–H groups in total. The summed E-state index contributed by atoms with van der Waals surface area (Å²) >= 11 is 1.55. The number of Topliss-reactive ketones (excluding diaryl/α,β-unsaturated/α-hetero) is 2. The minimum Gasteiger partial charge on any atom is -0.308 e. The Hall–Kier alpha value is -4.75. The number of hydrogen-bond acceptors (Lipinski definition) is 6. The lowest BCUT2D eigenvalue weighted by molar-refractivity contribution is 0.0988. The smallest absolute Gasteiger partial charge is 0.217 e. The molecule has 0 radical (unpaired) electrons. The van der Waals surface area contributed by atoms with Gasteiger partial charge in [-0.1, -0.05) is 50.2 Å². The summed E-state index contributed by atoms with van der Waals surface area (Å²) in [4.78, 5) is 40.7. The molecule has 6 aromatic rings. The van der Waals surface area contributed by atoms with Gasteiger partial charge in [0.2, 0.25) is 11.6 Å². The Morgan fingerprint density at radius 1 is 0.769 bits per heavy atom. The summed E-state index contributed by atoms with van der Waals surface area (Å²) in [5, 5.41) is 2.43. The van der Waals surface area contributed by atoms with Gasteiger partial charge in [-0.25, -0.2) is 9.97 Å². The number of nitrogens with zero attached hydrogens (tertiary/aromatic N) is 4. The van der Waals surface area contributed by atoms with Crippen LogP contribution in [0.25, 0.3) is 44.1 Å². The number of aromatic nitrogens is 4. The second-order valence-electron chi connectivity index (χ2n) is 10.4. The highest BCUT2D eigenvalue weighted by Crippen LogP contribution is 2.52. The molecule has 0 saturated carbocycles. The molecule has 2 aliphatic rings. The summed E-state index contributed by atoms with van der Waals surface area (Å²) in [7, 11) is 0. The van der Waals surface area contributed by atoms with Gasteiger partial charge in [0.15, 0.2) is 0 Å². The van der Waals surface area contributed by atoms with Crippen LogP contribution in [-0.4, -0.2) is 31.1 Å². The van der Waals surface area contributed by atoms with Gasteiger partial charge in [-0.3, -0.25) is 14.6 Å². The topological polar surface area (TPSA) is 77.7 Å². The molecule has 8 rings (SSSR count). The standard InChI is InChI=1S/C32H20N4O2S/c1-32(2)22-13-17(36-24-9-5-3-7-19(24)20-8-4-6-10-25(20)36)16-35-26(22)31-23(32)15-18(39-31)14-21-29(37)27-28(30(21)38)34-12-11-33-27/h3-16H,1-2H3. The summed E-state index contributed by atoms with van der Waals surface area (Å²) in [6.07, 6.45) is 6.49. The lowest BCUT2D eigenvalue weighted by atomic mass is 9.83. The first-order valence-electron chi connectivity index (χ1n) is 12.7. The van der Waals surface area contributed by atoms with Crippen molar-refractivity contribution in [2.45, 2.75) is 19.3 Å². The van der Waals surface area contributed by atoms with Crippen LogP contribution >= 0.6 is 11.3 Å². The largest absolute Gasteiger partial charge is 0.308 e. The third-order valence-corrected chi connectivity index (χ3v) is 9.02. The molecule has 4 heterocycles. The monoisotopic (exact) mass is 524 g/mol. The molecule has 39 heavy (non-hydrogen) atoms. The molecule has 4 aromatic heterocycles. The van der Waals surface area contributed by atoms with Crippen LogP contribution in [0.3, 0.4) is 0 Å². The van der Waals surface area contributed by atoms with Crippen molar-refractivity contribution < 1.29 is 9.59 Å². The third kappa shape index (κ3) is 2.93. The number of pyridine rings is 1. The van der Waals surface area contributed by atoms with E-state index in [0.717, 1.165) is 43.3 Å². The van der Waals surface area contributed by atoms with E-state index in [1.165, 1.54) is 23.2 Å². The maximum atomic E-state index is 12.8. The fourth-order valence-corrected chi connectivity index (χ4v) is 7.28. The molecule has 0 atom stereocenters. The van der Waals surface area contributed by atoms with Crippen molar-refractivity contribution in [2.75, 3.05) is 0 Å². The van der Waals surface area contributed by atoms with Crippen LogP contribution in [0.5, 0.6) is 0 Å². The molecule has 0 bridgehead atoms. The van der Waals surface area contributed by atoms with Gasteiger partial charge in [0, 0.05) is 33.5 Å². The van der Waals surface area contributed by atoms with E-state index in [9.17, 15) is 9.59 Å². The fraction of sp³-hybridized carbons (Fsp3) is 0.0938. The van der Waals surface area contributed by atoms with Gasteiger partial charge in [0.1, 0.15) is 11.4 Å². The first-order valence-corrected chi connectivity index (χ1v) is 13.5. The molecule has 0 aliphatic heterocycles. The van der Waals surface area contributed by atoms with E-state index >= 15 is 0 Å². The molecule has 2 aromatic carbocycles. The van der Waals surface area contributed by atoms with Crippen molar-refractivity contribution in [3.8, 4) is 16.3 Å². The van der Waals surface area contributed by atoms with Gasteiger partial charge < -0.3 is 4.57 Å². The number of allylic oxidation sites excluding steroid dienone is 1. The zero-order valence-corrected chi connectivity index (χ0v) is 21.9. The van der Waals surface area contributed by atoms with Crippen LogP contribution in [-0.2, 0) is 5.41 Å². The fourth-order valence-electron chi connectivity index (χ4n) is 6.00. The molecule has 0 unspecified atom stereocenters. The number of carbonyl (C=O) groups is 2. The Morgan fingerprint density at radius 3 is 2.03 bits per heavy atom.